The molecule has 0 saturated carbocycles. The summed E-state index contributed by atoms with van der Waals surface area (Å²) in [5.74, 6) is 1.44. The van der Waals surface area contributed by atoms with Crippen LogP contribution in [0.4, 0.5) is 5.69 Å². The van der Waals surface area contributed by atoms with Crippen LogP contribution in [0.2, 0.25) is 10.0 Å². The van der Waals surface area contributed by atoms with Crippen molar-refractivity contribution in [1.82, 2.24) is 5.32 Å². The number of carbonyl (C=O) groups is 1. The van der Waals surface area contributed by atoms with E-state index in [1.54, 1.807) is 37.5 Å². The molecule has 0 aliphatic carbocycles. The van der Waals surface area contributed by atoms with E-state index in [2.05, 4.69) is 10.3 Å². The van der Waals surface area contributed by atoms with Crippen LogP contribution < -0.4 is 19.5 Å². The molecule has 0 atom stereocenters. The lowest BCUT2D eigenvalue weighted by Gasteiger charge is -2.15. The SMILES string of the molecule is CCOc1cc(/C=C2/SC(=Nc3ccc(OC)cc3)NC2=O)cc(Cl)c1OCc1ccc(Cl)cc1. The topological polar surface area (TPSA) is 69.2 Å². The van der Waals surface area contributed by atoms with Crippen LogP contribution in [0, 0.1) is 0 Å². The monoisotopic (exact) mass is 528 g/mol. The largest absolute Gasteiger partial charge is 0.497 e. The van der Waals surface area contributed by atoms with Crippen LogP contribution in [0.25, 0.3) is 6.08 Å². The van der Waals surface area contributed by atoms with Gasteiger partial charge in [0, 0.05) is 5.02 Å². The van der Waals surface area contributed by atoms with Crippen molar-refractivity contribution in [1.29, 1.82) is 0 Å². The molecule has 0 aromatic heterocycles. The molecule has 35 heavy (non-hydrogen) atoms. The number of thioether (sulfide) groups is 1. The predicted molar refractivity (Wildman–Crippen MR) is 142 cm³/mol. The second kappa shape index (κ2) is 11.5. The van der Waals surface area contributed by atoms with Crippen molar-refractivity contribution in [3.8, 4) is 17.2 Å². The fourth-order valence-corrected chi connectivity index (χ4v) is 4.46. The molecule has 1 amide bonds. The van der Waals surface area contributed by atoms with Crippen molar-refractivity contribution in [2.24, 2.45) is 4.99 Å². The molecule has 1 aliphatic rings. The highest BCUT2D eigenvalue weighted by Crippen LogP contribution is 2.39. The van der Waals surface area contributed by atoms with Gasteiger partial charge < -0.3 is 19.5 Å². The quantitative estimate of drug-likeness (QED) is 0.323. The third-order valence-corrected chi connectivity index (χ3v) is 6.32. The molecule has 180 valence electrons. The number of amides is 1. The molecule has 0 unspecified atom stereocenters. The van der Waals surface area contributed by atoms with E-state index >= 15 is 0 Å². The zero-order valence-corrected chi connectivity index (χ0v) is 21.3. The van der Waals surface area contributed by atoms with Crippen LogP contribution in [0.1, 0.15) is 18.1 Å². The lowest BCUT2D eigenvalue weighted by molar-refractivity contribution is -0.115. The maximum Gasteiger partial charge on any atom is 0.264 e. The Morgan fingerprint density at radius 3 is 2.46 bits per heavy atom. The Morgan fingerprint density at radius 2 is 1.77 bits per heavy atom. The summed E-state index contributed by atoms with van der Waals surface area (Å²) in [5, 5.41) is 4.32. The van der Waals surface area contributed by atoms with Crippen LogP contribution >= 0.6 is 35.0 Å². The molecule has 9 heteroatoms. The van der Waals surface area contributed by atoms with Crippen molar-refractivity contribution in [2.75, 3.05) is 13.7 Å². The molecule has 1 heterocycles. The molecule has 3 aromatic rings. The van der Waals surface area contributed by atoms with E-state index in [0.717, 1.165) is 11.3 Å². The Morgan fingerprint density at radius 1 is 1.03 bits per heavy atom. The van der Waals surface area contributed by atoms with Gasteiger partial charge in [-0.3, -0.25) is 4.79 Å². The minimum absolute atomic E-state index is 0.237. The summed E-state index contributed by atoms with van der Waals surface area (Å²) in [7, 11) is 1.60. The number of nitrogens with zero attached hydrogens (tertiary/aromatic N) is 1. The standard InChI is InChI=1S/C26H22Cl2N2O4S/c1-3-33-22-13-17(12-21(28)24(22)34-15-16-4-6-18(27)7-5-16)14-23-25(31)30-26(35-23)29-19-8-10-20(32-2)11-9-19/h4-14H,3,15H2,1-2H3,(H,29,30,31)/b23-14+. The summed E-state index contributed by atoms with van der Waals surface area (Å²) in [6, 6.07) is 18.2. The summed E-state index contributed by atoms with van der Waals surface area (Å²) >= 11 is 13.7. The summed E-state index contributed by atoms with van der Waals surface area (Å²) in [6.45, 7) is 2.62. The second-order valence-electron chi connectivity index (χ2n) is 7.36. The van der Waals surface area contributed by atoms with Crippen LogP contribution in [0.3, 0.4) is 0 Å². The molecule has 4 rings (SSSR count). The van der Waals surface area contributed by atoms with Crippen molar-refractivity contribution in [2.45, 2.75) is 13.5 Å². The van der Waals surface area contributed by atoms with E-state index in [4.69, 9.17) is 37.4 Å². The van der Waals surface area contributed by atoms with E-state index in [1.165, 1.54) is 11.8 Å². The Bertz CT molecular complexity index is 1280. The van der Waals surface area contributed by atoms with Gasteiger partial charge in [0.2, 0.25) is 0 Å². The highest BCUT2D eigenvalue weighted by Gasteiger charge is 2.24. The first-order chi connectivity index (χ1) is 16.9. The Hall–Kier alpha value is -3.13. The number of aliphatic imine (C=N–C) groups is 1. The third kappa shape index (κ3) is 6.51. The Kier molecular flexibility index (Phi) is 8.23. The number of benzene rings is 3. The number of amidine groups is 1. The molecule has 6 nitrogen and oxygen atoms in total. The predicted octanol–water partition coefficient (Wildman–Crippen LogP) is 6.87. The van der Waals surface area contributed by atoms with Gasteiger partial charge in [0.1, 0.15) is 12.4 Å². The maximum absolute atomic E-state index is 12.5. The van der Waals surface area contributed by atoms with Gasteiger partial charge in [0.15, 0.2) is 16.7 Å². The van der Waals surface area contributed by atoms with E-state index in [9.17, 15) is 4.79 Å². The zero-order valence-electron chi connectivity index (χ0n) is 19.0. The minimum atomic E-state index is -0.237. The molecule has 1 N–H and O–H groups in total. The minimum Gasteiger partial charge on any atom is -0.497 e. The van der Waals surface area contributed by atoms with Gasteiger partial charge in [-0.05, 0) is 84.4 Å². The number of ether oxygens (including phenoxy) is 3. The number of hydrogen-bond acceptors (Lipinski definition) is 6. The van der Waals surface area contributed by atoms with Crippen LogP contribution in [0.5, 0.6) is 17.2 Å². The van der Waals surface area contributed by atoms with Gasteiger partial charge in [-0.2, -0.15) is 0 Å². The first kappa shape index (κ1) is 25.0. The third-order valence-electron chi connectivity index (χ3n) is 4.88. The van der Waals surface area contributed by atoms with Crippen LogP contribution in [0.15, 0.2) is 70.6 Å². The molecule has 1 aliphatic heterocycles. The van der Waals surface area contributed by atoms with Crippen molar-refractivity contribution in [3.63, 3.8) is 0 Å². The molecule has 1 fully saturated rings. The van der Waals surface area contributed by atoms with Gasteiger partial charge >= 0.3 is 0 Å². The zero-order chi connectivity index (χ0) is 24.8. The average molecular weight is 529 g/mol. The number of halogens is 2. The van der Waals surface area contributed by atoms with Crippen LogP contribution in [-0.4, -0.2) is 24.8 Å². The number of methoxy groups -OCH3 is 1. The van der Waals surface area contributed by atoms with E-state index in [1.807, 2.05) is 43.3 Å². The first-order valence-electron chi connectivity index (χ1n) is 10.7. The lowest BCUT2D eigenvalue weighted by Crippen LogP contribution is -2.19. The van der Waals surface area contributed by atoms with Crippen molar-refractivity contribution >= 4 is 57.8 Å². The van der Waals surface area contributed by atoms with Gasteiger partial charge in [-0.15, -0.1) is 0 Å². The Balaban J connectivity index is 1.53. The molecular weight excluding hydrogens is 507 g/mol. The fraction of sp³-hybridized carbons (Fsp3) is 0.154. The van der Waals surface area contributed by atoms with Crippen molar-refractivity contribution in [3.05, 3.63) is 86.7 Å². The summed E-state index contributed by atoms with van der Waals surface area (Å²) in [5.41, 5.74) is 2.36. The second-order valence-corrected chi connectivity index (χ2v) is 9.23. The van der Waals surface area contributed by atoms with E-state index in [0.29, 0.717) is 56.1 Å². The van der Waals surface area contributed by atoms with Gasteiger partial charge in [-0.25, -0.2) is 4.99 Å². The summed E-state index contributed by atoms with van der Waals surface area (Å²) < 4.78 is 16.9. The molecular formula is C26H22Cl2N2O4S. The van der Waals surface area contributed by atoms with Crippen LogP contribution in [-0.2, 0) is 11.4 Å². The highest BCUT2D eigenvalue weighted by molar-refractivity contribution is 8.18. The first-order valence-corrected chi connectivity index (χ1v) is 12.3. The summed E-state index contributed by atoms with van der Waals surface area (Å²) in [4.78, 5) is 17.5. The average Bonchev–Trinajstić information content (AvgIpc) is 3.18. The summed E-state index contributed by atoms with van der Waals surface area (Å²) in [6.07, 6.45) is 1.74. The normalized spacial score (nSPS) is 15.4. The number of hydrogen-bond donors (Lipinski definition) is 1. The fourth-order valence-electron chi connectivity index (χ4n) is 3.22. The van der Waals surface area contributed by atoms with Gasteiger partial charge in [0.25, 0.3) is 5.91 Å². The molecule has 0 spiro atoms. The lowest BCUT2D eigenvalue weighted by atomic mass is 10.1. The maximum atomic E-state index is 12.5. The molecule has 0 bridgehead atoms. The van der Waals surface area contributed by atoms with Gasteiger partial charge in [0.05, 0.1) is 29.3 Å². The molecule has 1 saturated heterocycles. The molecule has 0 radical (unpaired) electrons. The number of rotatable bonds is 8. The number of carbonyl (C=O) groups excluding carboxylic acids is 1. The Labute approximate surface area is 217 Å². The van der Waals surface area contributed by atoms with E-state index < -0.39 is 0 Å². The smallest absolute Gasteiger partial charge is 0.264 e. The highest BCUT2D eigenvalue weighted by atomic mass is 35.5. The van der Waals surface area contributed by atoms with Gasteiger partial charge in [-0.1, -0.05) is 35.3 Å². The molecule has 3 aromatic carbocycles. The van der Waals surface area contributed by atoms with Crippen molar-refractivity contribution < 1.29 is 19.0 Å². The number of nitrogens with one attached hydrogen (secondary N) is 1. The van der Waals surface area contributed by atoms with E-state index in [-0.39, 0.29) is 5.91 Å².